The van der Waals surface area contributed by atoms with Crippen molar-refractivity contribution in [2.45, 2.75) is 32.3 Å². The molecule has 1 aromatic rings. The van der Waals surface area contributed by atoms with Crippen molar-refractivity contribution in [3.63, 3.8) is 0 Å². The average molecular weight is 206 g/mol. The predicted octanol–water partition coefficient (Wildman–Crippen LogP) is 2.17. The molecule has 2 nitrogen and oxygen atoms in total. The molecule has 1 aliphatic rings. The third-order valence-corrected chi connectivity index (χ3v) is 3.12. The highest BCUT2D eigenvalue weighted by molar-refractivity contribution is 5.40. The Morgan fingerprint density at radius 1 is 1.47 bits per heavy atom. The van der Waals surface area contributed by atoms with Gasteiger partial charge in [0.1, 0.15) is 5.60 Å². The van der Waals surface area contributed by atoms with Crippen LogP contribution in [0.25, 0.3) is 0 Å². The Kier molecular flexibility index (Phi) is 2.81. The van der Waals surface area contributed by atoms with Crippen molar-refractivity contribution in [1.29, 1.82) is 0 Å². The lowest BCUT2D eigenvalue weighted by atomic mass is 9.95. The van der Waals surface area contributed by atoms with Crippen LogP contribution in [-0.4, -0.2) is 18.3 Å². The molecule has 0 fully saturated rings. The van der Waals surface area contributed by atoms with Crippen LogP contribution in [0.2, 0.25) is 0 Å². The van der Waals surface area contributed by atoms with Gasteiger partial charge in [-0.05, 0) is 37.8 Å². The number of aryl methyl sites for hydroxylation is 2. The molecule has 2 rings (SSSR count). The summed E-state index contributed by atoms with van der Waals surface area (Å²) in [5.74, 6) is 0. The molecule has 0 amide bonds. The smallest absolute Gasteiger partial charge is 0.113 e. The molecule has 15 heavy (non-hydrogen) atoms. The van der Waals surface area contributed by atoms with E-state index < -0.39 is 5.60 Å². The summed E-state index contributed by atoms with van der Waals surface area (Å²) in [6.45, 7) is 5.08. The van der Waals surface area contributed by atoms with Gasteiger partial charge in [-0.3, -0.25) is 0 Å². The van der Waals surface area contributed by atoms with E-state index in [0.29, 0.717) is 13.2 Å². The van der Waals surface area contributed by atoms with Gasteiger partial charge in [0.15, 0.2) is 0 Å². The Labute approximate surface area is 90.9 Å². The van der Waals surface area contributed by atoms with Crippen molar-refractivity contribution in [3.8, 4) is 0 Å². The monoisotopic (exact) mass is 206 g/mol. The highest BCUT2D eigenvalue weighted by Gasteiger charge is 2.36. The summed E-state index contributed by atoms with van der Waals surface area (Å²) in [5, 5.41) is 10.5. The maximum absolute atomic E-state index is 10.5. The minimum atomic E-state index is -0.753. The summed E-state index contributed by atoms with van der Waals surface area (Å²) in [7, 11) is 0. The minimum Gasteiger partial charge on any atom is -0.383 e. The van der Waals surface area contributed by atoms with Gasteiger partial charge in [0, 0.05) is 6.61 Å². The first-order valence-corrected chi connectivity index (χ1v) is 5.56. The molecular formula is C13H18O2. The number of rotatable bonds is 3. The fraction of sp³-hybridized carbons (Fsp3) is 0.538. The molecule has 1 unspecified atom stereocenters. The Morgan fingerprint density at radius 3 is 3.00 bits per heavy atom. The number of ether oxygens (including phenoxy) is 1. The number of aliphatic hydroxyl groups is 1. The van der Waals surface area contributed by atoms with E-state index in [1.54, 1.807) is 0 Å². The van der Waals surface area contributed by atoms with E-state index in [-0.39, 0.29) is 0 Å². The van der Waals surface area contributed by atoms with Crippen LogP contribution < -0.4 is 0 Å². The zero-order valence-corrected chi connectivity index (χ0v) is 9.42. The third kappa shape index (κ3) is 1.92. The van der Waals surface area contributed by atoms with Crippen LogP contribution in [0.5, 0.6) is 0 Å². The SMILES string of the molecule is CCOCC1(O)CCc2ccc(C)cc21. The van der Waals surface area contributed by atoms with Crippen molar-refractivity contribution >= 4 is 0 Å². The van der Waals surface area contributed by atoms with E-state index in [1.165, 1.54) is 11.1 Å². The molecule has 2 heteroatoms. The van der Waals surface area contributed by atoms with Gasteiger partial charge in [-0.2, -0.15) is 0 Å². The van der Waals surface area contributed by atoms with Crippen molar-refractivity contribution in [2.24, 2.45) is 0 Å². The molecule has 0 aliphatic heterocycles. The van der Waals surface area contributed by atoms with Crippen LogP contribution in [0.1, 0.15) is 30.0 Å². The van der Waals surface area contributed by atoms with Crippen LogP contribution >= 0.6 is 0 Å². The van der Waals surface area contributed by atoms with E-state index in [1.807, 2.05) is 6.92 Å². The van der Waals surface area contributed by atoms with Gasteiger partial charge in [-0.1, -0.05) is 23.8 Å². The summed E-state index contributed by atoms with van der Waals surface area (Å²) in [6, 6.07) is 6.31. The molecule has 1 aliphatic carbocycles. The first-order chi connectivity index (χ1) is 7.15. The molecule has 0 saturated carbocycles. The second kappa shape index (κ2) is 3.95. The van der Waals surface area contributed by atoms with Gasteiger partial charge >= 0.3 is 0 Å². The van der Waals surface area contributed by atoms with Crippen LogP contribution in [0.3, 0.4) is 0 Å². The van der Waals surface area contributed by atoms with Crippen molar-refractivity contribution < 1.29 is 9.84 Å². The molecule has 1 aromatic carbocycles. The number of benzene rings is 1. The van der Waals surface area contributed by atoms with Crippen LogP contribution in [-0.2, 0) is 16.8 Å². The Balaban J connectivity index is 2.29. The zero-order chi connectivity index (χ0) is 10.9. The molecule has 1 atom stereocenters. The van der Waals surface area contributed by atoms with Gasteiger partial charge in [0.25, 0.3) is 0 Å². The summed E-state index contributed by atoms with van der Waals surface area (Å²) < 4.78 is 5.37. The topological polar surface area (TPSA) is 29.5 Å². The van der Waals surface area contributed by atoms with E-state index in [2.05, 4.69) is 25.1 Å². The van der Waals surface area contributed by atoms with Crippen LogP contribution in [0, 0.1) is 6.92 Å². The molecular weight excluding hydrogens is 188 g/mol. The third-order valence-electron chi connectivity index (χ3n) is 3.12. The first kappa shape index (κ1) is 10.7. The van der Waals surface area contributed by atoms with Crippen LogP contribution in [0.4, 0.5) is 0 Å². The number of hydrogen-bond acceptors (Lipinski definition) is 2. The molecule has 0 saturated heterocycles. The molecule has 0 bridgehead atoms. The highest BCUT2D eigenvalue weighted by atomic mass is 16.5. The maximum Gasteiger partial charge on any atom is 0.113 e. The maximum atomic E-state index is 10.5. The van der Waals surface area contributed by atoms with Crippen LogP contribution in [0.15, 0.2) is 18.2 Å². The first-order valence-electron chi connectivity index (χ1n) is 5.56. The Morgan fingerprint density at radius 2 is 2.27 bits per heavy atom. The van der Waals surface area contributed by atoms with Gasteiger partial charge in [0.05, 0.1) is 6.61 Å². The molecule has 0 aromatic heterocycles. The van der Waals surface area contributed by atoms with E-state index in [4.69, 9.17) is 4.74 Å². The number of fused-ring (bicyclic) bond motifs is 1. The number of hydrogen-bond donors (Lipinski definition) is 1. The lowest BCUT2D eigenvalue weighted by Crippen LogP contribution is -2.28. The normalized spacial score (nSPS) is 24.2. The second-order valence-corrected chi connectivity index (χ2v) is 4.33. The average Bonchev–Trinajstić information content (AvgIpc) is 2.55. The van der Waals surface area contributed by atoms with Gasteiger partial charge in [-0.25, -0.2) is 0 Å². The van der Waals surface area contributed by atoms with Crippen molar-refractivity contribution in [2.75, 3.05) is 13.2 Å². The van der Waals surface area contributed by atoms with Gasteiger partial charge in [0.2, 0.25) is 0 Å². The lowest BCUT2D eigenvalue weighted by molar-refractivity contribution is -0.0465. The molecule has 0 radical (unpaired) electrons. The Hall–Kier alpha value is -0.860. The summed E-state index contributed by atoms with van der Waals surface area (Å²) in [5.41, 5.74) is 2.78. The molecule has 0 heterocycles. The Bertz CT molecular complexity index is 360. The van der Waals surface area contributed by atoms with E-state index >= 15 is 0 Å². The summed E-state index contributed by atoms with van der Waals surface area (Å²) in [4.78, 5) is 0. The van der Waals surface area contributed by atoms with Crippen molar-refractivity contribution in [1.82, 2.24) is 0 Å². The molecule has 0 spiro atoms. The molecule has 1 N–H and O–H groups in total. The summed E-state index contributed by atoms with van der Waals surface area (Å²) in [6.07, 6.45) is 1.74. The highest BCUT2D eigenvalue weighted by Crippen LogP contribution is 2.37. The lowest BCUT2D eigenvalue weighted by Gasteiger charge is -2.23. The van der Waals surface area contributed by atoms with Gasteiger partial charge in [-0.15, -0.1) is 0 Å². The largest absolute Gasteiger partial charge is 0.383 e. The fourth-order valence-corrected chi connectivity index (χ4v) is 2.24. The fourth-order valence-electron chi connectivity index (χ4n) is 2.24. The van der Waals surface area contributed by atoms with E-state index in [9.17, 15) is 5.11 Å². The zero-order valence-electron chi connectivity index (χ0n) is 9.42. The van der Waals surface area contributed by atoms with Gasteiger partial charge < -0.3 is 9.84 Å². The van der Waals surface area contributed by atoms with Crippen molar-refractivity contribution in [3.05, 3.63) is 34.9 Å². The minimum absolute atomic E-state index is 0.417. The molecule has 82 valence electrons. The second-order valence-electron chi connectivity index (χ2n) is 4.33. The quantitative estimate of drug-likeness (QED) is 0.821. The van der Waals surface area contributed by atoms with E-state index in [0.717, 1.165) is 18.4 Å². The summed E-state index contributed by atoms with van der Waals surface area (Å²) >= 11 is 0. The predicted molar refractivity (Wildman–Crippen MR) is 59.9 cm³/mol. The standard InChI is InChI=1S/C13H18O2/c1-3-15-9-13(14)7-6-11-5-4-10(2)8-12(11)13/h4-5,8,14H,3,6-7,9H2,1-2H3.